The van der Waals surface area contributed by atoms with Gasteiger partial charge in [-0.3, -0.25) is 19.8 Å². The lowest BCUT2D eigenvalue weighted by atomic mass is 9.85. The Morgan fingerprint density at radius 1 is 0.690 bits per heavy atom. The summed E-state index contributed by atoms with van der Waals surface area (Å²) in [5.74, 6) is -0.439. The Morgan fingerprint density at radius 2 is 1.21 bits per heavy atom. The summed E-state index contributed by atoms with van der Waals surface area (Å²) < 4.78 is 22.4. The van der Waals surface area contributed by atoms with Gasteiger partial charge in [0.25, 0.3) is 11.1 Å². The molecule has 0 aliphatic carbocycles. The van der Waals surface area contributed by atoms with Gasteiger partial charge in [-0.2, -0.15) is 0 Å². The number of ether oxygens (including phenoxy) is 1. The molecular weight excluding hydrogens is 531 g/mol. The van der Waals surface area contributed by atoms with Crippen LogP contribution < -0.4 is 15.9 Å². The van der Waals surface area contributed by atoms with Crippen LogP contribution in [-0.2, 0) is 6.61 Å². The maximum Gasteiger partial charge on any atom is 0.275 e. The molecule has 0 atom stereocenters. The minimum Gasteiger partial charge on any atom is -0.489 e. The van der Waals surface area contributed by atoms with E-state index in [1.165, 1.54) is 21.5 Å². The van der Waals surface area contributed by atoms with Crippen molar-refractivity contribution in [2.24, 2.45) is 0 Å². The predicted molar refractivity (Wildman–Crippen MR) is 160 cm³/mol. The van der Waals surface area contributed by atoms with Crippen LogP contribution in [0.15, 0.2) is 119 Å². The summed E-state index contributed by atoms with van der Waals surface area (Å²) in [6.07, 6.45) is 0. The van der Waals surface area contributed by atoms with Crippen molar-refractivity contribution in [3.8, 4) is 17.1 Å². The third-order valence-electron chi connectivity index (χ3n) is 7.35. The van der Waals surface area contributed by atoms with E-state index in [0.29, 0.717) is 39.6 Å². The molecule has 0 aliphatic rings. The highest BCUT2D eigenvalue weighted by molar-refractivity contribution is 5.49. The minimum atomic E-state index is -0.693. The Labute approximate surface area is 241 Å². The molecule has 210 valence electrons. The van der Waals surface area contributed by atoms with Gasteiger partial charge in [-0.15, -0.1) is 0 Å². The van der Waals surface area contributed by atoms with Crippen molar-refractivity contribution in [2.75, 3.05) is 0 Å². The largest absolute Gasteiger partial charge is 0.489 e. The van der Waals surface area contributed by atoms with E-state index in [9.17, 15) is 14.0 Å². The number of hydrogen-bond donors (Lipinski definition) is 2. The highest BCUT2D eigenvalue weighted by Gasteiger charge is 2.31. The Kier molecular flexibility index (Phi) is 7.19. The maximum absolute atomic E-state index is 14.1. The normalized spacial score (nSPS) is 11.2. The number of aromatic nitrogens is 4. The lowest BCUT2D eigenvalue weighted by molar-refractivity contribution is 0.305. The molecule has 2 N–H and O–H groups in total. The second kappa shape index (κ2) is 11.2. The highest BCUT2D eigenvalue weighted by atomic mass is 19.1. The van der Waals surface area contributed by atoms with Crippen LogP contribution in [0.3, 0.4) is 0 Å². The molecule has 0 fully saturated rings. The summed E-state index contributed by atoms with van der Waals surface area (Å²) >= 11 is 0. The highest BCUT2D eigenvalue weighted by Crippen LogP contribution is 2.34. The lowest BCUT2D eigenvalue weighted by Crippen LogP contribution is -2.25. The molecule has 8 heteroatoms. The van der Waals surface area contributed by atoms with E-state index >= 15 is 0 Å². The van der Waals surface area contributed by atoms with Gasteiger partial charge in [0.15, 0.2) is 0 Å². The Bertz CT molecular complexity index is 1850. The number of benzene rings is 4. The third-order valence-corrected chi connectivity index (χ3v) is 7.35. The number of aryl methyl sites for hydroxylation is 2. The van der Waals surface area contributed by atoms with E-state index in [-0.39, 0.29) is 23.5 Å². The number of nitrogens with one attached hydrogen (secondary N) is 2. The number of para-hydroxylation sites is 2. The predicted octanol–water partition coefficient (Wildman–Crippen LogP) is 6.16. The summed E-state index contributed by atoms with van der Waals surface area (Å²) in [7, 11) is 0. The van der Waals surface area contributed by atoms with Crippen molar-refractivity contribution < 1.29 is 9.13 Å². The van der Waals surface area contributed by atoms with Crippen LogP contribution >= 0.6 is 0 Å². The van der Waals surface area contributed by atoms with Crippen LogP contribution in [0.2, 0.25) is 0 Å². The topological polar surface area (TPSA) is 84.8 Å². The molecule has 2 heterocycles. The van der Waals surface area contributed by atoms with Crippen LogP contribution in [-0.4, -0.2) is 19.6 Å². The van der Waals surface area contributed by atoms with E-state index in [0.717, 1.165) is 11.1 Å². The molecular formula is C34H29FN4O3. The maximum atomic E-state index is 14.1. The van der Waals surface area contributed by atoms with Gasteiger partial charge in [0.05, 0.1) is 22.5 Å². The number of H-pyrrole nitrogens is 2. The van der Waals surface area contributed by atoms with E-state index in [4.69, 9.17) is 4.74 Å². The van der Waals surface area contributed by atoms with Crippen molar-refractivity contribution in [1.82, 2.24) is 19.6 Å². The summed E-state index contributed by atoms with van der Waals surface area (Å²) in [5, 5.41) is 6.43. The average molecular weight is 561 g/mol. The summed E-state index contributed by atoms with van der Waals surface area (Å²) in [5.41, 5.74) is 4.68. The Balaban J connectivity index is 1.49. The molecule has 0 unspecified atom stereocenters. The zero-order valence-corrected chi connectivity index (χ0v) is 23.2. The first kappa shape index (κ1) is 26.8. The van der Waals surface area contributed by atoms with Crippen LogP contribution in [0.1, 0.15) is 39.6 Å². The molecule has 42 heavy (non-hydrogen) atoms. The molecule has 6 aromatic rings. The lowest BCUT2D eigenvalue weighted by Gasteiger charge is -2.17. The minimum absolute atomic E-state index is 0.238. The molecule has 0 amide bonds. The number of nitrogens with zero attached hydrogens (tertiary/aromatic N) is 2. The first-order chi connectivity index (χ1) is 20.4. The van der Waals surface area contributed by atoms with Crippen LogP contribution in [0.25, 0.3) is 11.4 Å². The first-order valence-electron chi connectivity index (χ1n) is 13.6. The fraction of sp³-hybridized carbons (Fsp3) is 0.118. The number of aromatic amines is 2. The van der Waals surface area contributed by atoms with Crippen molar-refractivity contribution in [1.29, 1.82) is 0 Å². The molecule has 0 spiro atoms. The molecule has 0 bridgehead atoms. The molecule has 6 rings (SSSR count). The molecule has 0 radical (unpaired) electrons. The fourth-order valence-electron chi connectivity index (χ4n) is 5.33. The van der Waals surface area contributed by atoms with Crippen molar-refractivity contribution in [3.63, 3.8) is 0 Å². The zero-order chi connectivity index (χ0) is 29.2. The number of halogens is 1. The van der Waals surface area contributed by atoms with E-state index in [1.54, 1.807) is 12.1 Å². The smallest absolute Gasteiger partial charge is 0.275 e. The molecule has 0 saturated carbocycles. The zero-order valence-electron chi connectivity index (χ0n) is 23.2. The van der Waals surface area contributed by atoms with Gasteiger partial charge in [0.1, 0.15) is 18.2 Å². The standard InChI is InChI=1S/C34H29FN4O3/c1-22-30(33(40)38(36-22)27-11-5-3-6-12-27)32(31-23(2)37-39(34(31)41)28-13-7-4-8-14-28)25-10-9-15-29(20-25)42-21-24-16-18-26(35)19-17-24/h3-20,32,36-37H,21H2,1-2H3. The van der Waals surface area contributed by atoms with Gasteiger partial charge < -0.3 is 4.74 Å². The van der Waals surface area contributed by atoms with Crippen molar-refractivity contribution in [3.05, 3.63) is 169 Å². The van der Waals surface area contributed by atoms with Crippen LogP contribution in [0.4, 0.5) is 4.39 Å². The monoisotopic (exact) mass is 560 g/mol. The molecule has 7 nitrogen and oxygen atoms in total. The van der Waals surface area contributed by atoms with Gasteiger partial charge in [-0.25, -0.2) is 13.8 Å². The van der Waals surface area contributed by atoms with Gasteiger partial charge in [-0.05, 0) is 73.5 Å². The summed E-state index contributed by atoms with van der Waals surface area (Å²) in [6, 6.07) is 32.2. The van der Waals surface area contributed by atoms with Crippen molar-refractivity contribution >= 4 is 0 Å². The second-order valence-electron chi connectivity index (χ2n) is 10.2. The average Bonchev–Trinajstić information content (AvgIpc) is 3.48. The van der Waals surface area contributed by atoms with E-state index < -0.39 is 5.92 Å². The summed E-state index contributed by atoms with van der Waals surface area (Å²) in [4.78, 5) is 28.1. The molecule has 0 aliphatic heterocycles. The van der Waals surface area contributed by atoms with E-state index in [2.05, 4.69) is 10.2 Å². The SMILES string of the molecule is Cc1[nH]n(-c2ccccc2)c(=O)c1C(c1cccc(OCc2ccc(F)cc2)c1)c1c(C)[nH]n(-c2ccccc2)c1=O. The van der Waals surface area contributed by atoms with Crippen LogP contribution in [0, 0.1) is 19.7 Å². The third kappa shape index (κ3) is 5.10. The fourth-order valence-corrected chi connectivity index (χ4v) is 5.33. The number of hydrogen-bond acceptors (Lipinski definition) is 3. The first-order valence-corrected chi connectivity index (χ1v) is 13.6. The van der Waals surface area contributed by atoms with E-state index in [1.807, 2.05) is 98.8 Å². The van der Waals surface area contributed by atoms with Crippen molar-refractivity contribution in [2.45, 2.75) is 26.4 Å². The van der Waals surface area contributed by atoms with Crippen LogP contribution in [0.5, 0.6) is 5.75 Å². The van der Waals surface area contributed by atoms with Gasteiger partial charge in [-0.1, -0.05) is 60.7 Å². The van der Waals surface area contributed by atoms with Gasteiger partial charge in [0.2, 0.25) is 0 Å². The second-order valence-corrected chi connectivity index (χ2v) is 10.2. The Hall–Kier alpha value is -5.37. The van der Waals surface area contributed by atoms with Gasteiger partial charge >= 0.3 is 0 Å². The Morgan fingerprint density at radius 3 is 1.74 bits per heavy atom. The quantitative estimate of drug-likeness (QED) is 0.234. The summed E-state index contributed by atoms with van der Waals surface area (Å²) in [6.45, 7) is 3.92. The number of rotatable bonds is 8. The molecule has 4 aromatic carbocycles. The molecule has 0 saturated heterocycles. The van der Waals surface area contributed by atoms with Gasteiger partial charge in [0, 0.05) is 17.3 Å². The molecule has 2 aromatic heterocycles.